The first kappa shape index (κ1) is 16.2. The molecule has 1 amide bonds. The highest BCUT2D eigenvalue weighted by molar-refractivity contribution is 6.46. The van der Waals surface area contributed by atoms with Crippen LogP contribution in [0.2, 0.25) is 15.1 Å². The number of aliphatic hydroxyl groups is 1. The SMILES string of the molecule is CC(O)(CNC(=O)c1c(Cl)ccc(Cl)c1Cl)c1ccco1. The molecule has 0 aliphatic rings. The first-order chi connectivity index (χ1) is 9.83. The topological polar surface area (TPSA) is 62.5 Å². The Kier molecular flexibility index (Phi) is 4.84. The van der Waals surface area contributed by atoms with Gasteiger partial charge < -0.3 is 14.8 Å². The van der Waals surface area contributed by atoms with Crippen LogP contribution in [0.15, 0.2) is 34.9 Å². The van der Waals surface area contributed by atoms with E-state index in [1.165, 1.54) is 25.3 Å². The fourth-order valence-electron chi connectivity index (χ4n) is 1.75. The molecule has 0 aliphatic heterocycles. The van der Waals surface area contributed by atoms with Gasteiger partial charge in [-0.15, -0.1) is 0 Å². The van der Waals surface area contributed by atoms with Crippen molar-refractivity contribution in [3.05, 3.63) is 56.9 Å². The molecule has 1 heterocycles. The number of nitrogens with one attached hydrogen (secondary N) is 1. The molecule has 2 N–H and O–H groups in total. The van der Waals surface area contributed by atoms with Crippen molar-refractivity contribution in [2.75, 3.05) is 6.54 Å². The van der Waals surface area contributed by atoms with Gasteiger partial charge in [0.1, 0.15) is 11.4 Å². The molecule has 0 radical (unpaired) electrons. The molecule has 1 atom stereocenters. The molecular formula is C14H12Cl3NO3. The highest BCUT2D eigenvalue weighted by atomic mass is 35.5. The summed E-state index contributed by atoms with van der Waals surface area (Å²) >= 11 is 17.8. The predicted molar refractivity (Wildman–Crippen MR) is 82.1 cm³/mol. The molecule has 2 aromatic rings. The summed E-state index contributed by atoms with van der Waals surface area (Å²) in [7, 11) is 0. The monoisotopic (exact) mass is 347 g/mol. The second-order valence-corrected chi connectivity index (χ2v) is 5.84. The van der Waals surface area contributed by atoms with E-state index in [0.717, 1.165) is 0 Å². The van der Waals surface area contributed by atoms with E-state index in [1.54, 1.807) is 12.1 Å². The third-order valence-corrected chi connectivity index (χ3v) is 4.04. The van der Waals surface area contributed by atoms with Crippen molar-refractivity contribution in [1.29, 1.82) is 0 Å². The number of furan rings is 1. The number of carbonyl (C=O) groups is 1. The molecule has 21 heavy (non-hydrogen) atoms. The van der Waals surface area contributed by atoms with Crippen LogP contribution < -0.4 is 5.32 Å². The number of amides is 1. The van der Waals surface area contributed by atoms with E-state index in [0.29, 0.717) is 5.76 Å². The summed E-state index contributed by atoms with van der Waals surface area (Å²) in [6, 6.07) is 6.25. The molecule has 1 aromatic carbocycles. The van der Waals surface area contributed by atoms with E-state index in [1.807, 2.05) is 0 Å². The van der Waals surface area contributed by atoms with Gasteiger partial charge in [-0.2, -0.15) is 0 Å². The highest BCUT2D eigenvalue weighted by Crippen LogP contribution is 2.31. The first-order valence-corrected chi connectivity index (χ1v) is 7.14. The summed E-state index contributed by atoms with van der Waals surface area (Å²) in [5, 5.41) is 13.3. The smallest absolute Gasteiger partial charge is 0.254 e. The van der Waals surface area contributed by atoms with Crippen molar-refractivity contribution in [2.24, 2.45) is 0 Å². The number of carbonyl (C=O) groups excluding carboxylic acids is 1. The molecule has 2 rings (SSSR count). The average Bonchev–Trinajstić information content (AvgIpc) is 2.96. The Labute approximate surface area is 136 Å². The van der Waals surface area contributed by atoms with Gasteiger partial charge in [0.25, 0.3) is 5.91 Å². The predicted octanol–water partition coefficient (Wildman–Crippen LogP) is 3.88. The molecule has 0 bridgehead atoms. The van der Waals surface area contributed by atoms with Crippen molar-refractivity contribution in [1.82, 2.24) is 5.32 Å². The number of hydrogen-bond donors (Lipinski definition) is 2. The van der Waals surface area contributed by atoms with Gasteiger partial charge in [0.2, 0.25) is 0 Å². The molecular weight excluding hydrogens is 337 g/mol. The van der Waals surface area contributed by atoms with E-state index >= 15 is 0 Å². The van der Waals surface area contributed by atoms with Gasteiger partial charge in [-0.25, -0.2) is 0 Å². The van der Waals surface area contributed by atoms with Gasteiger partial charge in [-0.05, 0) is 31.2 Å². The first-order valence-electron chi connectivity index (χ1n) is 6.01. The Bertz CT molecular complexity index is 654. The maximum absolute atomic E-state index is 12.2. The van der Waals surface area contributed by atoms with E-state index in [4.69, 9.17) is 39.2 Å². The summed E-state index contributed by atoms with van der Waals surface area (Å²) in [4.78, 5) is 12.2. The van der Waals surface area contributed by atoms with Crippen LogP contribution in [-0.2, 0) is 5.60 Å². The number of hydrogen-bond acceptors (Lipinski definition) is 3. The molecule has 0 fully saturated rings. The lowest BCUT2D eigenvalue weighted by molar-refractivity contribution is 0.0330. The average molecular weight is 349 g/mol. The third kappa shape index (κ3) is 3.52. The lowest BCUT2D eigenvalue weighted by Gasteiger charge is -2.21. The molecule has 0 spiro atoms. The minimum absolute atomic E-state index is 0.0688. The molecule has 7 heteroatoms. The summed E-state index contributed by atoms with van der Waals surface area (Å²) in [6.07, 6.45) is 1.44. The fraction of sp³-hybridized carbons (Fsp3) is 0.214. The molecule has 0 saturated heterocycles. The largest absolute Gasteiger partial charge is 0.466 e. The van der Waals surface area contributed by atoms with Crippen molar-refractivity contribution >= 4 is 40.7 Å². The number of rotatable bonds is 4. The number of halogens is 3. The van der Waals surface area contributed by atoms with Crippen molar-refractivity contribution < 1.29 is 14.3 Å². The van der Waals surface area contributed by atoms with E-state index in [2.05, 4.69) is 5.32 Å². The van der Waals surface area contributed by atoms with E-state index in [-0.39, 0.29) is 27.2 Å². The van der Waals surface area contributed by atoms with Crippen LogP contribution >= 0.6 is 34.8 Å². The number of benzene rings is 1. The third-order valence-electron chi connectivity index (χ3n) is 2.92. The van der Waals surface area contributed by atoms with Gasteiger partial charge in [-0.3, -0.25) is 4.79 Å². The Morgan fingerprint density at radius 3 is 2.57 bits per heavy atom. The summed E-state index contributed by atoms with van der Waals surface area (Å²) in [6.45, 7) is 1.45. The summed E-state index contributed by atoms with van der Waals surface area (Å²) in [5.41, 5.74) is -1.28. The van der Waals surface area contributed by atoms with Crippen molar-refractivity contribution in [3.63, 3.8) is 0 Å². The van der Waals surface area contributed by atoms with Crippen molar-refractivity contribution in [3.8, 4) is 0 Å². The Hall–Kier alpha value is -1.20. The molecule has 4 nitrogen and oxygen atoms in total. The lowest BCUT2D eigenvalue weighted by Crippen LogP contribution is -2.38. The fourth-order valence-corrected chi connectivity index (χ4v) is 2.45. The zero-order chi connectivity index (χ0) is 15.6. The minimum atomic E-state index is -1.35. The molecule has 112 valence electrons. The zero-order valence-electron chi connectivity index (χ0n) is 11.0. The maximum atomic E-state index is 12.2. The van der Waals surface area contributed by atoms with Gasteiger partial charge >= 0.3 is 0 Å². The Balaban J connectivity index is 2.15. The van der Waals surface area contributed by atoms with Crippen LogP contribution in [0.25, 0.3) is 0 Å². The lowest BCUT2D eigenvalue weighted by atomic mass is 10.0. The second kappa shape index (κ2) is 6.28. The van der Waals surface area contributed by atoms with Gasteiger partial charge in [0, 0.05) is 0 Å². The molecule has 0 saturated carbocycles. The van der Waals surface area contributed by atoms with E-state index in [9.17, 15) is 9.90 Å². The molecule has 1 aromatic heterocycles. The van der Waals surface area contributed by atoms with E-state index < -0.39 is 11.5 Å². The minimum Gasteiger partial charge on any atom is -0.466 e. The highest BCUT2D eigenvalue weighted by Gasteiger charge is 2.28. The van der Waals surface area contributed by atoms with Crippen LogP contribution in [0.4, 0.5) is 0 Å². The Morgan fingerprint density at radius 2 is 1.95 bits per heavy atom. The maximum Gasteiger partial charge on any atom is 0.254 e. The van der Waals surface area contributed by atoms with Crippen molar-refractivity contribution in [2.45, 2.75) is 12.5 Å². The second-order valence-electron chi connectivity index (χ2n) is 4.65. The van der Waals surface area contributed by atoms with Crippen LogP contribution in [0.3, 0.4) is 0 Å². The van der Waals surface area contributed by atoms with Gasteiger partial charge in [0.05, 0.1) is 33.4 Å². The Morgan fingerprint density at radius 1 is 1.29 bits per heavy atom. The van der Waals surface area contributed by atoms with Crippen LogP contribution in [0, 0.1) is 0 Å². The molecule has 0 aliphatic carbocycles. The van der Waals surface area contributed by atoms with Crippen LogP contribution in [-0.4, -0.2) is 17.6 Å². The quantitative estimate of drug-likeness (QED) is 0.824. The summed E-state index contributed by atoms with van der Waals surface area (Å²) < 4.78 is 5.13. The van der Waals surface area contributed by atoms with Gasteiger partial charge in [0.15, 0.2) is 0 Å². The normalized spacial score (nSPS) is 13.8. The molecule has 1 unspecified atom stereocenters. The standard InChI is InChI=1S/C14H12Cl3NO3/c1-14(20,10-3-2-6-21-10)7-18-13(19)11-8(15)4-5-9(16)12(11)17/h2-6,20H,7H2,1H3,(H,18,19). The summed E-state index contributed by atoms with van der Waals surface area (Å²) in [5.74, 6) is -0.189. The van der Waals surface area contributed by atoms with Gasteiger partial charge in [-0.1, -0.05) is 34.8 Å². The zero-order valence-corrected chi connectivity index (χ0v) is 13.3. The van der Waals surface area contributed by atoms with Crippen LogP contribution in [0.5, 0.6) is 0 Å². The van der Waals surface area contributed by atoms with Crippen LogP contribution in [0.1, 0.15) is 23.0 Å².